The number of rotatable bonds is 1. The summed E-state index contributed by atoms with van der Waals surface area (Å²) in [5, 5.41) is 17.9. The lowest BCUT2D eigenvalue weighted by atomic mass is 10.4. The molecule has 0 aliphatic heterocycles. The summed E-state index contributed by atoms with van der Waals surface area (Å²) in [7, 11) is 1.79. The minimum absolute atomic E-state index is 0.590. The molecule has 0 aliphatic rings. The predicted octanol–water partition coefficient (Wildman–Crippen LogP) is 0.661. The van der Waals surface area contributed by atoms with Gasteiger partial charge in [0.25, 0.3) is 0 Å². The lowest BCUT2D eigenvalue weighted by Crippen LogP contribution is -1.91. The summed E-state index contributed by atoms with van der Waals surface area (Å²) in [6.07, 6.45) is 3.49. The molecule has 0 aromatic carbocycles. The zero-order chi connectivity index (χ0) is 9.42. The highest BCUT2D eigenvalue weighted by Gasteiger charge is 2.14. The Hall–Kier alpha value is -1.48. The molecule has 2 aromatic rings. The quantitative estimate of drug-likeness (QED) is 0.624. The zero-order valence-corrected chi connectivity index (χ0v) is 8.04. The number of nitriles is 1. The van der Waals surface area contributed by atoms with E-state index in [0.717, 1.165) is 10.7 Å². The van der Waals surface area contributed by atoms with Gasteiger partial charge in [-0.05, 0) is 6.26 Å². The summed E-state index contributed by atoms with van der Waals surface area (Å²) in [4.78, 5) is 0. The van der Waals surface area contributed by atoms with E-state index in [-0.39, 0.29) is 0 Å². The maximum absolute atomic E-state index is 8.92. The van der Waals surface area contributed by atoms with Gasteiger partial charge in [-0.2, -0.15) is 15.5 Å². The first kappa shape index (κ1) is 8.13. The second-order valence-electron chi connectivity index (χ2n) is 2.52. The molecular formula is C7H7N5S. The highest BCUT2D eigenvalue weighted by molar-refractivity contribution is 7.98. The van der Waals surface area contributed by atoms with Crippen molar-refractivity contribution in [1.29, 1.82) is 5.26 Å². The third-order valence-corrected chi connectivity index (χ3v) is 2.47. The molecule has 5 nitrogen and oxygen atoms in total. The second kappa shape index (κ2) is 2.78. The first-order valence-corrected chi connectivity index (χ1v) is 4.85. The molecule has 66 valence electrons. The fourth-order valence-electron chi connectivity index (χ4n) is 1.22. The van der Waals surface area contributed by atoms with Crippen LogP contribution in [0.4, 0.5) is 0 Å². The van der Waals surface area contributed by atoms with Gasteiger partial charge in [-0.15, -0.1) is 11.8 Å². The zero-order valence-electron chi connectivity index (χ0n) is 7.22. The lowest BCUT2D eigenvalue weighted by Gasteiger charge is -1.89. The predicted molar refractivity (Wildman–Crippen MR) is 48.5 cm³/mol. The van der Waals surface area contributed by atoms with Gasteiger partial charge in [0.05, 0.1) is 0 Å². The first-order chi connectivity index (χ1) is 6.27. The standard InChI is InChI=1S/C7H7N5S/c1-11-7-5(3-8)6(13-2)10-12(7)4-9-11/h4H,1-2H3. The van der Waals surface area contributed by atoms with E-state index in [1.54, 1.807) is 22.6 Å². The van der Waals surface area contributed by atoms with Crippen LogP contribution in [-0.2, 0) is 7.05 Å². The van der Waals surface area contributed by atoms with E-state index in [4.69, 9.17) is 5.26 Å². The molecule has 0 radical (unpaired) electrons. The second-order valence-corrected chi connectivity index (χ2v) is 3.31. The van der Waals surface area contributed by atoms with E-state index in [0.29, 0.717) is 5.56 Å². The molecule has 0 fully saturated rings. The van der Waals surface area contributed by atoms with Crippen LogP contribution < -0.4 is 0 Å². The summed E-state index contributed by atoms with van der Waals surface area (Å²) in [5.74, 6) is 0. The highest BCUT2D eigenvalue weighted by Crippen LogP contribution is 2.21. The van der Waals surface area contributed by atoms with Crippen LogP contribution in [0.25, 0.3) is 5.65 Å². The van der Waals surface area contributed by atoms with Crippen LogP contribution in [0, 0.1) is 11.3 Å². The average molecular weight is 193 g/mol. The van der Waals surface area contributed by atoms with E-state index in [9.17, 15) is 0 Å². The van der Waals surface area contributed by atoms with Crippen LogP contribution in [0.1, 0.15) is 5.56 Å². The van der Waals surface area contributed by atoms with Crippen molar-refractivity contribution in [2.45, 2.75) is 5.03 Å². The molecule has 0 atom stereocenters. The molecule has 0 bridgehead atoms. The maximum Gasteiger partial charge on any atom is 0.172 e. The Morgan fingerprint density at radius 2 is 2.38 bits per heavy atom. The monoisotopic (exact) mass is 193 g/mol. The van der Waals surface area contributed by atoms with Gasteiger partial charge in [-0.1, -0.05) is 0 Å². The van der Waals surface area contributed by atoms with Crippen LogP contribution in [0.2, 0.25) is 0 Å². The molecule has 0 saturated carbocycles. The van der Waals surface area contributed by atoms with Crippen molar-refractivity contribution in [1.82, 2.24) is 19.4 Å². The van der Waals surface area contributed by atoms with E-state index >= 15 is 0 Å². The van der Waals surface area contributed by atoms with Crippen LogP contribution in [-0.4, -0.2) is 25.7 Å². The molecule has 0 spiro atoms. The molecule has 6 heteroatoms. The van der Waals surface area contributed by atoms with Gasteiger partial charge >= 0.3 is 0 Å². The summed E-state index contributed by atoms with van der Waals surface area (Å²) in [5.41, 5.74) is 1.33. The number of fused-ring (bicyclic) bond motifs is 1. The Labute approximate surface area is 79.0 Å². The third-order valence-electron chi connectivity index (χ3n) is 1.80. The number of nitrogens with zero attached hydrogens (tertiary/aromatic N) is 5. The minimum atomic E-state index is 0.590. The molecule has 0 saturated heterocycles. The van der Waals surface area contributed by atoms with Crippen molar-refractivity contribution >= 4 is 17.4 Å². The van der Waals surface area contributed by atoms with E-state index in [2.05, 4.69) is 16.3 Å². The maximum atomic E-state index is 8.92. The third kappa shape index (κ3) is 1.01. The molecule has 2 heterocycles. The van der Waals surface area contributed by atoms with E-state index in [1.165, 1.54) is 11.8 Å². The van der Waals surface area contributed by atoms with Crippen LogP contribution in [0.5, 0.6) is 0 Å². The number of hydrogen-bond acceptors (Lipinski definition) is 4. The van der Waals surface area contributed by atoms with Gasteiger partial charge in [0.15, 0.2) is 5.65 Å². The Bertz CT molecular complexity index is 489. The van der Waals surface area contributed by atoms with E-state index in [1.807, 2.05) is 6.26 Å². The van der Waals surface area contributed by atoms with Gasteiger partial charge in [-0.25, -0.2) is 9.20 Å². The van der Waals surface area contributed by atoms with Crippen LogP contribution in [0.3, 0.4) is 0 Å². The van der Waals surface area contributed by atoms with Crippen molar-refractivity contribution in [3.63, 3.8) is 0 Å². The highest BCUT2D eigenvalue weighted by atomic mass is 32.2. The van der Waals surface area contributed by atoms with Gasteiger partial charge in [0, 0.05) is 7.05 Å². The van der Waals surface area contributed by atoms with Crippen molar-refractivity contribution in [3.05, 3.63) is 11.9 Å². The fraction of sp³-hybridized carbons (Fsp3) is 0.286. The van der Waals surface area contributed by atoms with Gasteiger partial charge in [0.2, 0.25) is 0 Å². The number of aryl methyl sites for hydroxylation is 1. The summed E-state index contributed by atoms with van der Waals surface area (Å²) in [6.45, 7) is 0. The minimum Gasteiger partial charge on any atom is -0.248 e. The Kier molecular flexibility index (Phi) is 1.74. The normalized spacial score (nSPS) is 10.5. The van der Waals surface area contributed by atoms with Gasteiger partial charge in [-0.3, -0.25) is 0 Å². The Morgan fingerprint density at radius 3 is 3.00 bits per heavy atom. The molecule has 0 N–H and O–H groups in total. The van der Waals surface area contributed by atoms with Gasteiger partial charge < -0.3 is 0 Å². The smallest absolute Gasteiger partial charge is 0.172 e. The summed E-state index contributed by atoms with van der Waals surface area (Å²) < 4.78 is 3.26. The Balaban J connectivity index is 2.86. The molecule has 2 rings (SSSR count). The van der Waals surface area contributed by atoms with Gasteiger partial charge in [0.1, 0.15) is 23.0 Å². The topological polar surface area (TPSA) is 58.9 Å². The fourth-order valence-corrected chi connectivity index (χ4v) is 1.73. The van der Waals surface area contributed by atoms with Crippen LogP contribution >= 0.6 is 11.8 Å². The lowest BCUT2D eigenvalue weighted by molar-refractivity contribution is 0.794. The first-order valence-electron chi connectivity index (χ1n) is 3.62. The van der Waals surface area contributed by atoms with Crippen molar-refractivity contribution < 1.29 is 0 Å². The molecule has 0 unspecified atom stereocenters. The molecule has 13 heavy (non-hydrogen) atoms. The number of hydrogen-bond donors (Lipinski definition) is 0. The number of aromatic nitrogens is 4. The average Bonchev–Trinajstić information content (AvgIpc) is 2.65. The SMILES string of the molecule is CSc1nn2cnn(C)c2c1C#N. The van der Waals surface area contributed by atoms with Crippen molar-refractivity contribution in [2.24, 2.45) is 7.05 Å². The van der Waals surface area contributed by atoms with Crippen LogP contribution in [0.15, 0.2) is 11.4 Å². The number of thioether (sulfide) groups is 1. The van der Waals surface area contributed by atoms with Crippen molar-refractivity contribution in [2.75, 3.05) is 6.26 Å². The molecular weight excluding hydrogens is 186 g/mol. The molecule has 2 aromatic heterocycles. The summed E-state index contributed by atoms with van der Waals surface area (Å²) >= 11 is 1.46. The molecule has 0 amide bonds. The van der Waals surface area contributed by atoms with Crippen molar-refractivity contribution in [3.8, 4) is 6.07 Å². The molecule has 0 aliphatic carbocycles. The van der Waals surface area contributed by atoms with E-state index < -0.39 is 0 Å². The largest absolute Gasteiger partial charge is 0.248 e. The Morgan fingerprint density at radius 1 is 1.62 bits per heavy atom. The summed E-state index contributed by atoms with van der Waals surface area (Å²) in [6, 6.07) is 2.13.